The number of benzene rings is 3. The lowest BCUT2D eigenvalue weighted by Gasteiger charge is -2.20. The number of rotatable bonds is 4. The summed E-state index contributed by atoms with van der Waals surface area (Å²) in [6.45, 7) is 0. The van der Waals surface area contributed by atoms with Crippen molar-refractivity contribution >= 4 is 40.8 Å². The van der Waals surface area contributed by atoms with E-state index in [0.717, 1.165) is 23.7 Å². The third-order valence-corrected chi connectivity index (χ3v) is 4.80. The van der Waals surface area contributed by atoms with Gasteiger partial charge in [-0.1, -0.05) is 39.8 Å². The highest BCUT2D eigenvalue weighted by atomic mass is 35.5. The number of hydrogen-bond acceptors (Lipinski definition) is 3. The van der Waals surface area contributed by atoms with Crippen LogP contribution in [-0.4, -0.2) is 11.9 Å². The number of halogens is 6. The number of alkyl halides is 3. The van der Waals surface area contributed by atoms with Crippen molar-refractivity contribution < 1.29 is 32.0 Å². The average molecular weight is 487 g/mol. The third kappa shape index (κ3) is 5.12. The van der Waals surface area contributed by atoms with Gasteiger partial charge in [0.1, 0.15) is 11.5 Å². The molecule has 3 amide bonds. The van der Waals surface area contributed by atoms with E-state index in [1.807, 2.05) is 0 Å². The Morgan fingerprint density at radius 3 is 2.12 bits per heavy atom. The molecule has 1 N–H and O–H groups in total. The van der Waals surface area contributed by atoms with Gasteiger partial charge in [0.15, 0.2) is 0 Å². The van der Waals surface area contributed by atoms with Crippen LogP contribution >= 0.6 is 23.2 Å². The van der Waals surface area contributed by atoms with Crippen molar-refractivity contribution in [3.8, 4) is 11.5 Å². The number of urea groups is 1. The molecule has 0 heterocycles. The number of nitrogens with one attached hydrogen (secondary N) is 1. The Hall–Kier alpha value is -3.30. The van der Waals surface area contributed by atoms with Crippen LogP contribution < -0.4 is 15.2 Å². The number of anilines is 1. The van der Waals surface area contributed by atoms with Crippen LogP contribution in [0.1, 0.15) is 15.9 Å². The Morgan fingerprint density at radius 1 is 0.906 bits per heavy atom. The molecule has 0 aliphatic heterocycles. The summed E-state index contributed by atoms with van der Waals surface area (Å²) in [5, 5.41) is -0.206. The van der Waals surface area contributed by atoms with Gasteiger partial charge in [-0.15, -0.1) is 0 Å². The topological polar surface area (TPSA) is 58.6 Å². The molecule has 0 fully saturated rings. The molecule has 0 aliphatic carbocycles. The zero-order valence-corrected chi connectivity index (χ0v) is 17.3. The molecule has 0 saturated carbocycles. The molecule has 0 saturated heterocycles. The highest BCUT2D eigenvalue weighted by Crippen LogP contribution is 2.36. The van der Waals surface area contributed by atoms with Gasteiger partial charge < -0.3 is 4.74 Å². The molecule has 0 radical (unpaired) electrons. The van der Waals surface area contributed by atoms with Crippen LogP contribution in [-0.2, 0) is 6.18 Å². The smallest absolute Gasteiger partial charge is 0.416 e. The number of amides is 3. The van der Waals surface area contributed by atoms with E-state index >= 15 is 0 Å². The molecule has 11 heteroatoms. The lowest BCUT2D eigenvalue weighted by Crippen LogP contribution is -2.41. The Morgan fingerprint density at radius 2 is 1.56 bits per heavy atom. The zero-order valence-electron chi connectivity index (χ0n) is 15.8. The summed E-state index contributed by atoms with van der Waals surface area (Å²) in [7, 11) is 0. The second-order valence-corrected chi connectivity index (χ2v) is 7.07. The molecule has 0 unspecified atom stereocenters. The van der Waals surface area contributed by atoms with Crippen molar-refractivity contribution in [3.63, 3.8) is 0 Å². The van der Waals surface area contributed by atoms with Crippen LogP contribution in [0.15, 0.2) is 66.7 Å². The predicted octanol–water partition coefficient (Wildman–Crippen LogP) is 7.05. The quantitative estimate of drug-likeness (QED) is 0.317. The Kier molecular flexibility index (Phi) is 6.90. The summed E-state index contributed by atoms with van der Waals surface area (Å²) in [5.41, 5.74) is -0.0890. The first kappa shape index (κ1) is 23.4. The summed E-state index contributed by atoms with van der Waals surface area (Å²) < 4.78 is 56.6. The van der Waals surface area contributed by atoms with Crippen LogP contribution in [0.25, 0.3) is 0 Å². The van der Waals surface area contributed by atoms with Gasteiger partial charge in [-0.25, -0.2) is 9.69 Å². The lowest BCUT2D eigenvalue weighted by atomic mass is 10.2. The summed E-state index contributed by atoms with van der Waals surface area (Å²) in [6.07, 6.45) is -4.56. The number of ether oxygens (including phenoxy) is 1. The first-order chi connectivity index (χ1) is 15.1. The fourth-order valence-electron chi connectivity index (χ4n) is 2.67. The summed E-state index contributed by atoms with van der Waals surface area (Å²) >= 11 is 11.9. The van der Waals surface area contributed by atoms with E-state index in [1.165, 1.54) is 42.5 Å². The summed E-state index contributed by atoms with van der Waals surface area (Å²) in [4.78, 5) is 25.3. The Labute approximate surface area is 189 Å². The van der Waals surface area contributed by atoms with Gasteiger partial charge in [-0.2, -0.15) is 18.7 Å². The van der Waals surface area contributed by atoms with E-state index in [9.17, 15) is 27.2 Å². The van der Waals surface area contributed by atoms with Gasteiger partial charge in [-0.3, -0.25) is 4.79 Å². The zero-order chi connectivity index (χ0) is 23.5. The van der Waals surface area contributed by atoms with Crippen LogP contribution in [0.5, 0.6) is 11.5 Å². The third-order valence-electron chi connectivity index (χ3n) is 4.17. The van der Waals surface area contributed by atoms with Gasteiger partial charge in [-0.05, 0) is 54.6 Å². The highest BCUT2D eigenvalue weighted by molar-refractivity contribution is 6.35. The molecular formula is C21H12Cl2F4N2O3. The second kappa shape index (κ2) is 9.46. The first-order valence-electron chi connectivity index (χ1n) is 8.76. The maximum atomic E-state index is 12.9. The normalized spacial score (nSPS) is 11.1. The minimum atomic E-state index is -4.56. The SMILES string of the molecule is O=C(NF)N(C(=O)c1ccccc1Cl)c1ccc(Oc2ccc(C(F)(F)F)cc2Cl)cc1. The van der Waals surface area contributed by atoms with E-state index in [-0.39, 0.29) is 32.8 Å². The molecule has 0 aliphatic rings. The molecule has 32 heavy (non-hydrogen) atoms. The fourth-order valence-corrected chi connectivity index (χ4v) is 3.11. The molecule has 166 valence electrons. The van der Waals surface area contributed by atoms with Crippen molar-refractivity contribution in [1.29, 1.82) is 0 Å². The van der Waals surface area contributed by atoms with Crippen molar-refractivity contribution in [2.45, 2.75) is 6.18 Å². The van der Waals surface area contributed by atoms with Gasteiger partial charge in [0.2, 0.25) is 0 Å². The van der Waals surface area contributed by atoms with Crippen LogP contribution in [0.3, 0.4) is 0 Å². The fraction of sp³-hybridized carbons (Fsp3) is 0.0476. The molecule has 3 aromatic carbocycles. The monoisotopic (exact) mass is 486 g/mol. The standard InChI is InChI=1S/C21H12Cl2F4N2O3/c22-16-4-2-1-3-15(16)19(30)29(20(31)28-27)13-6-8-14(9-7-13)32-18-10-5-12(11-17(18)23)21(24,25)26/h1-11H,(H,28,31). The van der Waals surface area contributed by atoms with Gasteiger partial charge >= 0.3 is 12.2 Å². The molecule has 0 atom stereocenters. The van der Waals surface area contributed by atoms with Gasteiger partial charge in [0, 0.05) is 0 Å². The molecular weight excluding hydrogens is 475 g/mol. The summed E-state index contributed by atoms with van der Waals surface area (Å²) in [6, 6.07) is 12.3. The number of nitrogens with zero attached hydrogens (tertiary/aromatic N) is 1. The maximum Gasteiger partial charge on any atom is 0.416 e. The maximum absolute atomic E-state index is 12.9. The minimum absolute atomic E-state index is 0.0177. The average Bonchev–Trinajstić information content (AvgIpc) is 2.75. The van der Waals surface area contributed by atoms with Crippen molar-refractivity contribution in [2.75, 3.05) is 4.90 Å². The number of carbonyl (C=O) groups excluding carboxylic acids is 2. The van der Waals surface area contributed by atoms with Crippen LogP contribution in [0, 0.1) is 0 Å². The van der Waals surface area contributed by atoms with Gasteiger partial charge in [0.05, 0.1) is 26.9 Å². The number of hydrogen-bond donors (Lipinski definition) is 1. The van der Waals surface area contributed by atoms with Crippen molar-refractivity contribution in [1.82, 2.24) is 5.54 Å². The highest BCUT2D eigenvalue weighted by Gasteiger charge is 2.31. The van der Waals surface area contributed by atoms with E-state index in [2.05, 4.69) is 0 Å². The van der Waals surface area contributed by atoms with Crippen molar-refractivity contribution in [3.05, 3.63) is 87.9 Å². The Balaban J connectivity index is 1.86. The molecule has 5 nitrogen and oxygen atoms in total. The largest absolute Gasteiger partial charge is 0.456 e. The van der Waals surface area contributed by atoms with Crippen LogP contribution in [0.4, 0.5) is 28.1 Å². The van der Waals surface area contributed by atoms with Crippen LogP contribution in [0.2, 0.25) is 10.0 Å². The first-order valence-corrected chi connectivity index (χ1v) is 9.51. The predicted molar refractivity (Wildman–Crippen MR) is 111 cm³/mol. The lowest BCUT2D eigenvalue weighted by molar-refractivity contribution is -0.137. The van der Waals surface area contributed by atoms with Gasteiger partial charge in [0.25, 0.3) is 5.91 Å². The number of imide groups is 1. The molecule has 0 spiro atoms. The second-order valence-electron chi connectivity index (χ2n) is 6.26. The molecule has 0 aromatic heterocycles. The number of carbonyl (C=O) groups is 2. The van der Waals surface area contributed by atoms with E-state index < -0.39 is 23.7 Å². The molecule has 0 bridgehead atoms. The van der Waals surface area contributed by atoms with E-state index in [1.54, 1.807) is 6.07 Å². The minimum Gasteiger partial charge on any atom is -0.456 e. The summed E-state index contributed by atoms with van der Waals surface area (Å²) in [5.74, 6) is -0.788. The molecule has 3 rings (SSSR count). The van der Waals surface area contributed by atoms with E-state index in [4.69, 9.17) is 27.9 Å². The van der Waals surface area contributed by atoms with Crippen molar-refractivity contribution in [2.24, 2.45) is 0 Å². The Bertz CT molecular complexity index is 1150. The molecule has 3 aromatic rings. The van der Waals surface area contributed by atoms with E-state index in [0.29, 0.717) is 4.90 Å².